The molecule has 1 aromatic heterocycles. The van der Waals surface area contributed by atoms with Gasteiger partial charge in [-0.05, 0) is 43.5 Å². The van der Waals surface area contributed by atoms with Gasteiger partial charge in [0.05, 0.1) is 16.8 Å². The summed E-state index contributed by atoms with van der Waals surface area (Å²) in [5.41, 5.74) is 1.00. The highest BCUT2D eigenvalue weighted by atomic mass is 32.2. The molecule has 2 aliphatic rings. The zero-order valence-electron chi connectivity index (χ0n) is 14.1. The summed E-state index contributed by atoms with van der Waals surface area (Å²) < 4.78 is 25.3. The second kappa shape index (κ2) is 6.77. The van der Waals surface area contributed by atoms with E-state index in [4.69, 9.17) is 0 Å². The summed E-state index contributed by atoms with van der Waals surface area (Å²) in [5, 5.41) is 3.82. The first-order valence-electron chi connectivity index (χ1n) is 8.90. The number of nitrogens with zero attached hydrogens (tertiary/aromatic N) is 2. The summed E-state index contributed by atoms with van der Waals surface area (Å²) in [6, 6.07) is 13.1. The number of hydrogen-bond donors (Lipinski definition) is 1. The van der Waals surface area contributed by atoms with Crippen LogP contribution in [0.2, 0.25) is 0 Å². The van der Waals surface area contributed by atoms with Crippen molar-refractivity contribution in [2.45, 2.75) is 47.7 Å². The van der Waals surface area contributed by atoms with E-state index in [1.54, 1.807) is 42.6 Å². The largest absolute Gasteiger partial charge is 0.369 e. The zero-order valence-corrected chi connectivity index (χ0v) is 15.0. The van der Waals surface area contributed by atoms with E-state index < -0.39 is 9.84 Å². The molecule has 0 radical (unpaired) electrons. The molecule has 132 valence electrons. The van der Waals surface area contributed by atoms with Gasteiger partial charge in [0.15, 0.2) is 5.03 Å². The Balaban J connectivity index is 1.56. The number of aromatic nitrogens is 1. The summed E-state index contributed by atoms with van der Waals surface area (Å²) in [7, 11) is -3.55. The van der Waals surface area contributed by atoms with E-state index in [0.717, 1.165) is 25.2 Å². The van der Waals surface area contributed by atoms with Gasteiger partial charge in [0.25, 0.3) is 0 Å². The van der Waals surface area contributed by atoms with Gasteiger partial charge in [-0.1, -0.05) is 24.6 Å². The van der Waals surface area contributed by atoms with Crippen molar-refractivity contribution < 1.29 is 8.42 Å². The number of fused-ring (bicyclic) bond motifs is 2. The molecule has 0 aliphatic carbocycles. The number of benzene rings is 1. The van der Waals surface area contributed by atoms with E-state index in [0.29, 0.717) is 12.1 Å². The first-order valence-corrected chi connectivity index (χ1v) is 10.4. The lowest BCUT2D eigenvalue weighted by Gasteiger charge is -2.29. The second-order valence-electron chi connectivity index (χ2n) is 6.90. The van der Waals surface area contributed by atoms with Crippen LogP contribution in [0.15, 0.2) is 58.6 Å². The molecule has 2 saturated heterocycles. The van der Waals surface area contributed by atoms with Gasteiger partial charge in [-0.25, -0.2) is 13.4 Å². The van der Waals surface area contributed by atoms with E-state index in [-0.39, 0.29) is 9.92 Å². The Morgan fingerprint density at radius 3 is 2.56 bits per heavy atom. The van der Waals surface area contributed by atoms with Gasteiger partial charge in [0.1, 0.15) is 0 Å². The number of rotatable bonds is 3. The average Bonchev–Trinajstić information content (AvgIpc) is 2.80. The van der Waals surface area contributed by atoms with E-state index in [1.807, 2.05) is 6.07 Å². The van der Waals surface area contributed by atoms with Crippen LogP contribution < -0.4 is 10.2 Å². The third kappa shape index (κ3) is 3.41. The molecule has 2 aromatic rings. The number of hydrogen-bond acceptors (Lipinski definition) is 5. The number of anilines is 1. The Morgan fingerprint density at radius 1 is 1.00 bits per heavy atom. The molecule has 2 fully saturated rings. The van der Waals surface area contributed by atoms with Gasteiger partial charge in [-0.3, -0.25) is 0 Å². The van der Waals surface area contributed by atoms with Crippen LogP contribution >= 0.6 is 0 Å². The molecule has 1 N–H and O–H groups in total. The molecule has 3 heterocycles. The van der Waals surface area contributed by atoms with Crippen LogP contribution in [0, 0.1) is 0 Å². The van der Waals surface area contributed by atoms with Crippen LogP contribution in [0.5, 0.6) is 0 Å². The summed E-state index contributed by atoms with van der Waals surface area (Å²) in [5.74, 6) is 0. The molecule has 1 aromatic carbocycles. The first-order chi connectivity index (χ1) is 12.1. The number of sulfone groups is 1. The minimum Gasteiger partial charge on any atom is -0.369 e. The maximum atomic E-state index is 12.6. The Hall–Kier alpha value is -1.92. The fraction of sp³-hybridized carbons (Fsp3) is 0.421. The Kier molecular flexibility index (Phi) is 4.48. The smallest absolute Gasteiger partial charge is 0.223 e. The number of piperidine rings is 1. The maximum Gasteiger partial charge on any atom is 0.223 e. The molecule has 0 amide bonds. The van der Waals surface area contributed by atoms with E-state index in [9.17, 15) is 8.42 Å². The third-order valence-corrected chi connectivity index (χ3v) is 6.86. The van der Waals surface area contributed by atoms with Gasteiger partial charge < -0.3 is 10.2 Å². The van der Waals surface area contributed by atoms with Crippen molar-refractivity contribution in [2.24, 2.45) is 0 Å². The van der Waals surface area contributed by atoms with Crippen molar-refractivity contribution in [2.75, 3.05) is 18.0 Å². The van der Waals surface area contributed by atoms with Crippen molar-refractivity contribution in [3.63, 3.8) is 0 Å². The van der Waals surface area contributed by atoms with Crippen LogP contribution in [0.1, 0.15) is 25.7 Å². The van der Waals surface area contributed by atoms with Crippen molar-refractivity contribution in [1.82, 2.24) is 10.3 Å². The molecular weight excluding hydrogens is 334 g/mol. The molecule has 0 spiro atoms. The predicted octanol–water partition coefficient (Wildman–Crippen LogP) is 2.64. The van der Waals surface area contributed by atoms with Crippen LogP contribution in [0.3, 0.4) is 0 Å². The minimum absolute atomic E-state index is 0.106. The average molecular weight is 357 g/mol. The summed E-state index contributed by atoms with van der Waals surface area (Å²) in [6.07, 6.45) is 6.59. The van der Waals surface area contributed by atoms with Gasteiger partial charge >= 0.3 is 0 Å². The fourth-order valence-corrected chi connectivity index (χ4v) is 5.02. The van der Waals surface area contributed by atoms with Gasteiger partial charge in [-0.15, -0.1) is 0 Å². The van der Waals surface area contributed by atoms with E-state index in [1.165, 1.54) is 19.3 Å². The molecule has 2 bridgehead atoms. The first kappa shape index (κ1) is 16.5. The second-order valence-corrected chi connectivity index (χ2v) is 8.79. The summed E-state index contributed by atoms with van der Waals surface area (Å²) >= 11 is 0. The lowest BCUT2D eigenvalue weighted by atomic mass is 9.98. The highest BCUT2D eigenvalue weighted by Crippen LogP contribution is 2.25. The third-order valence-electron chi connectivity index (χ3n) is 5.18. The topological polar surface area (TPSA) is 62.3 Å². The molecule has 2 unspecified atom stereocenters. The van der Waals surface area contributed by atoms with Crippen LogP contribution in [0.4, 0.5) is 5.69 Å². The van der Waals surface area contributed by atoms with E-state index in [2.05, 4.69) is 15.2 Å². The maximum absolute atomic E-state index is 12.6. The highest BCUT2D eigenvalue weighted by molar-refractivity contribution is 7.91. The molecule has 5 nitrogen and oxygen atoms in total. The van der Waals surface area contributed by atoms with Crippen LogP contribution in [-0.4, -0.2) is 38.6 Å². The standard InChI is InChI=1S/C19H23N3O2S/c23-25(24,18-7-2-1-3-8-18)19-10-9-17(13-20-19)22-12-11-15-5-4-6-16(14-22)21-15/h1-3,7-10,13,15-16,21H,4-6,11-12,14H2. The highest BCUT2D eigenvalue weighted by Gasteiger charge is 2.27. The fourth-order valence-electron chi connectivity index (χ4n) is 3.82. The predicted molar refractivity (Wildman–Crippen MR) is 97.5 cm³/mol. The van der Waals surface area contributed by atoms with Gasteiger partial charge in [0.2, 0.25) is 9.84 Å². The minimum atomic E-state index is -3.55. The summed E-state index contributed by atoms with van der Waals surface area (Å²) in [6.45, 7) is 1.95. The molecule has 4 rings (SSSR count). The number of pyridine rings is 1. The molecule has 2 aliphatic heterocycles. The van der Waals surface area contributed by atoms with Crippen LogP contribution in [-0.2, 0) is 9.84 Å². The molecule has 6 heteroatoms. The molecular formula is C19H23N3O2S. The monoisotopic (exact) mass is 357 g/mol. The SMILES string of the molecule is O=S(=O)(c1ccccc1)c1ccc(N2CCC3CCCC(C2)N3)cn1. The Bertz CT molecular complexity index is 822. The molecule has 0 saturated carbocycles. The van der Waals surface area contributed by atoms with Crippen molar-refractivity contribution in [3.05, 3.63) is 48.7 Å². The molecule has 25 heavy (non-hydrogen) atoms. The van der Waals surface area contributed by atoms with Crippen molar-refractivity contribution in [3.8, 4) is 0 Å². The lowest BCUT2D eigenvalue weighted by molar-refractivity contribution is 0.336. The van der Waals surface area contributed by atoms with Gasteiger partial charge in [-0.2, -0.15) is 0 Å². The van der Waals surface area contributed by atoms with Crippen molar-refractivity contribution in [1.29, 1.82) is 0 Å². The van der Waals surface area contributed by atoms with E-state index >= 15 is 0 Å². The normalized spacial score (nSPS) is 23.9. The summed E-state index contributed by atoms with van der Waals surface area (Å²) in [4.78, 5) is 6.88. The molecule has 2 atom stereocenters. The Morgan fingerprint density at radius 2 is 1.80 bits per heavy atom. The number of nitrogens with one attached hydrogen (secondary N) is 1. The lowest BCUT2D eigenvalue weighted by Crippen LogP contribution is -2.44. The van der Waals surface area contributed by atoms with Crippen molar-refractivity contribution >= 4 is 15.5 Å². The quantitative estimate of drug-likeness (QED) is 0.915. The Labute approximate surface area is 149 Å². The zero-order chi connectivity index (χ0) is 17.3. The van der Waals surface area contributed by atoms with Gasteiger partial charge in [0, 0.05) is 25.2 Å². The van der Waals surface area contributed by atoms with Crippen LogP contribution in [0.25, 0.3) is 0 Å².